The molecule has 0 spiro atoms. The van der Waals surface area contributed by atoms with Crippen LogP contribution in [-0.2, 0) is 23.8 Å². The molecule has 0 bridgehead atoms. The van der Waals surface area contributed by atoms with Gasteiger partial charge in [0, 0.05) is 51.1 Å². The van der Waals surface area contributed by atoms with Crippen LogP contribution < -0.4 is 21.7 Å². The topological polar surface area (TPSA) is 216 Å². The highest BCUT2D eigenvalue weighted by atomic mass is 32.1. The minimum Gasteiger partial charge on any atom is -0.467 e. The number of nitrogens with two attached hydrogens (primary N) is 1. The van der Waals surface area contributed by atoms with Crippen molar-refractivity contribution in [2.75, 3.05) is 27.4 Å². The molecule has 0 radical (unpaired) electrons. The van der Waals surface area contributed by atoms with Crippen LogP contribution in [0.15, 0.2) is 48.5 Å². The van der Waals surface area contributed by atoms with Gasteiger partial charge in [0.15, 0.2) is 0 Å². The zero-order valence-corrected chi connectivity index (χ0v) is 38.6. The summed E-state index contributed by atoms with van der Waals surface area (Å²) in [5, 5.41) is 28.1. The number of alkyl carbamates (subject to hydrolysis) is 1. The molecule has 336 valence electrons. The number of aliphatic hydroxyl groups excluding tert-OH is 2. The summed E-state index contributed by atoms with van der Waals surface area (Å²) in [6.45, 7) is 12.1. The minimum atomic E-state index is -1.19. The molecule has 6 rings (SSSR count). The maximum absolute atomic E-state index is 13.1. The van der Waals surface area contributed by atoms with Crippen molar-refractivity contribution in [2.24, 2.45) is 29.4 Å². The van der Waals surface area contributed by atoms with Gasteiger partial charge in [0.05, 0.1) is 29.5 Å². The van der Waals surface area contributed by atoms with E-state index in [9.17, 15) is 24.0 Å². The third kappa shape index (κ3) is 13.3. The van der Waals surface area contributed by atoms with Gasteiger partial charge in [-0.05, 0) is 120 Å². The molecule has 3 amide bonds. The monoisotopic (exact) mass is 900 g/mol. The van der Waals surface area contributed by atoms with Crippen molar-refractivity contribution in [2.45, 2.75) is 90.1 Å². The summed E-state index contributed by atoms with van der Waals surface area (Å²) in [4.78, 5) is 63.4. The molecule has 0 saturated heterocycles. The van der Waals surface area contributed by atoms with Crippen molar-refractivity contribution in [1.82, 2.24) is 16.0 Å². The summed E-state index contributed by atoms with van der Waals surface area (Å²) in [5.41, 5.74) is 4.86. The first-order valence-corrected chi connectivity index (χ1v) is 22.1. The second kappa shape index (κ2) is 19.9. The smallest absolute Gasteiger partial charge is 0.408 e. The molecule has 2 aliphatic rings. The summed E-state index contributed by atoms with van der Waals surface area (Å²) in [5.74, 6) is 11.6. The fraction of sp³-hybridized carbons (Fsp3) is 0.468. The van der Waals surface area contributed by atoms with Gasteiger partial charge >= 0.3 is 18.0 Å². The van der Waals surface area contributed by atoms with E-state index in [0.29, 0.717) is 15.7 Å². The molecule has 63 heavy (non-hydrogen) atoms. The van der Waals surface area contributed by atoms with Gasteiger partial charge in [-0.15, -0.1) is 22.7 Å². The Morgan fingerprint density at radius 2 is 1.14 bits per heavy atom. The van der Waals surface area contributed by atoms with E-state index in [2.05, 4.69) is 39.6 Å². The van der Waals surface area contributed by atoms with Crippen LogP contribution in [0.4, 0.5) is 4.79 Å². The highest BCUT2D eigenvalue weighted by Crippen LogP contribution is 2.38. The first-order valence-electron chi connectivity index (χ1n) is 20.4. The summed E-state index contributed by atoms with van der Waals surface area (Å²) >= 11 is 2.62. The second-order valence-corrected chi connectivity index (χ2v) is 20.0. The number of carbonyl (C=O) groups excluding carboxylic acids is 5. The Balaban J connectivity index is 0.000000243. The molecule has 2 aromatic heterocycles. The maximum Gasteiger partial charge on any atom is 0.408 e. The van der Waals surface area contributed by atoms with Crippen molar-refractivity contribution in [3.05, 3.63) is 69.4 Å². The number of hydrogen-bond donors (Lipinski definition) is 6. The number of carbonyl (C=O) groups is 5. The Morgan fingerprint density at radius 1 is 0.714 bits per heavy atom. The predicted octanol–water partition coefficient (Wildman–Crippen LogP) is 5.35. The Morgan fingerprint density at radius 3 is 1.52 bits per heavy atom. The third-order valence-electron chi connectivity index (χ3n) is 10.3. The maximum atomic E-state index is 13.1. The molecule has 0 aliphatic heterocycles. The van der Waals surface area contributed by atoms with E-state index in [1.54, 1.807) is 60.6 Å². The second-order valence-electron chi connectivity index (χ2n) is 17.9. The van der Waals surface area contributed by atoms with E-state index in [1.165, 1.54) is 36.9 Å². The number of amides is 3. The summed E-state index contributed by atoms with van der Waals surface area (Å²) < 4.78 is 16.8. The third-order valence-corrected chi connectivity index (χ3v) is 12.5. The quantitative estimate of drug-likeness (QED) is 0.0642. The molecule has 7 N–H and O–H groups in total. The largest absolute Gasteiger partial charge is 0.467 e. The lowest BCUT2D eigenvalue weighted by Gasteiger charge is -2.34. The van der Waals surface area contributed by atoms with Gasteiger partial charge in [0.2, 0.25) is 0 Å². The van der Waals surface area contributed by atoms with Crippen LogP contribution in [0.25, 0.3) is 20.2 Å². The Labute approximate surface area is 375 Å². The number of ether oxygens (including phenoxy) is 3. The van der Waals surface area contributed by atoms with Gasteiger partial charge in [0.1, 0.15) is 17.7 Å². The predicted molar refractivity (Wildman–Crippen MR) is 243 cm³/mol. The summed E-state index contributed by atoms with van der Waals surface area (Å²) in [6, 6.07) is 12.9. The van der Waals surface area contributed by atoms with Crippen LogP contribution in [0.1, 0.15) is 91.8 Å². The normalized spacial score (nSPS) is 18.7. The average Bonchev–Trinajstić information content (AvgIpc) is 4.07. The SMILES string of the molecule is COC(=O)[C@@H](NC(=O)c1cc2ccc(C#CC3C[C@H]3CO)cc2s1)C(C)(C)N.COC(=O)[C@@H](NC(=O)c1cc2ccc(C#CC3C[C@H]3CO)cc2s1)C(C)(C)NC(=O)OC(C)(C)C. The van der Waals surface area contributed by atoms with Crippen molar-refractivity contribution in [3.63, 3.8) is 0 Å². The van der Waals surface area contributed by atoms with Crippen LogP contribution >= 0.6 is 22.7 Å². The fourth-order valence-electron chi connectivity index (χ4n) is 6.41. The van der Waals surface area contributed by atoms with Gasteiger partial charge < -0.3 is 46.1 Å². The van der Waals surface area contributed by atoms with Crippen molar-refractivity contribution >= 4 is 72.7 Å². The van der Waals surface area contributed by atoms with Crippen LogP contribution in [0, 0.1) is 47.4 Å². The van der Waals surface area contributed by atoms with E-state index in [1.807, 2.05) is 36.4 Å². The number of esters is 2. The fourth-order valence-corrected chi connectivity index (χ4v) is 8.42. The highest BCUT2D eigenvalue weighted by Gasteiger charge is 2.40. The molecule has 4 aromatic rings. The highest BCUT2D eigenvalue weighted by molar-refractivity contribution is 7.21. The number of nitrogens with one attached hydrogen (secondary N) is 3. The van der Waals surface area contributed by atoms with Crippen molar-refractivity contribution in [3.8, 4) is 23.7 Å². The molecule has 2 saturated carbocycles. The van der Waals surface area contributed by atoms with E-state index in [0.717, 1.165) is 44.1 Å². The van der Waals surface area contributed by atoms with Gasteiger partial charge in [-0.1, -0.05) is 35.8 Å². The first kappa shape index (κ1) is 48.5. The molecule has 6 atom stereocenters. The standard InChI is InChI=1S/C26H32N2O6S.C21H24N2O4S/c1-25(2,3)34-24(32)28-26(4,5)21(23(31)33-6)27-22(30)20-13-17-10-8-15(11-19(17)35-20)7-9-16-12-18(16)14-29;1-21(2,22)18(20(26)27-3)23-19(25)17-10-14-7-5-12(8-16(14)28-17)4-6-13-9-15(13)11-24/h8,10-11,13,16,18,21,29H,12,14H2,1-6H3,(H,27,30)(H,28,32);5,7-8,10,13,15,18,24H,9,11,22H2,1-3H3,(H,23,25)/t16?,18-,21+;13?,15-,18+/m00/s1. The molecule has 16 heteroatoms. The van der Waals surface area contributed by atoms with E-state index < -0.39 is 52.7 Å². The Bertz CT molecular complexity index is 2490. The molecule has 2 aliphatic carbocycles. The number of methoxy groups -OCH3 is 2. The van der Waals surface area contributed by atoms with Crippen LogP contribution in [0.5, 0.6) is 0 Å². The zero-order chi connectivity index (χ0) is 46.4. The lowest BCUT2D eigenvalue weighted by Crippen LogP contribution is -2.62. The van der Waals surface area contributed by atoms with Gasteiger partial charge in [0.25, 0.3) is 11.8 Å². The molecule has 2 aromatic carbocycles. The first-order chi connectivity index (χ1) is 29.5. The lowest BCUT2D eigenvalue weighted by molar-refractivity contribution is -0.145. The van der Waals surface area contributed by atoms with Gasteiger partial charge in [-0.25, -0.2) is 14.4 Å². The summed E-state index contributed by atoms with van der Waals surface area (Å²) in [6.07, 6.45) is 1.17. The molecular weight excluding hydrogens is 845 g/mol. The number of thiophene rings is 2. The van der Waals surface area contributed by atoms with Crippen LogP contribution in [0.3, 0.4) is 0 Å². The Kier molecular flexibility index (Phi) is 15.3. The van der Waals surface area contributed by atoms with Crippen molar-refractivity contribution < 1.29 is 48.4 Å². The molecule has 14 nitrogen and oxygen atoms in total. The molecule has 2 heterocycles. The average molecular weight is 901 g/mol. The number of benzene rings is 2. The number of hydrogen-bond acceptors (Lipinski definition) is 13. The van der Waals surface area contributed by atoms with Crippen molar-refractivity contribution in [1.29, 1.82) is 0 Å². The number of fused-ring (bicyclic) bond motifs is 2. The molecule has 2 unspecified atom stereocenters. The summed E-state index contributed by atoms with van der Waals surface area (Å²) in [7, 11) is 2.48. The van der Waals surface area contributed by atoms with E-state index in [-0.39, 0.29) is 36.9 Å². The number of rotatable bonds is 11. The Hall–Kier alpha value is -5.49. The van der Waals surface area contributed by atoms with Gasteiger partial charge in [-0.3, -0.25) is 9.59 Å². The minimum absolute atomic E-state index is 0.165. The van der Waals surface area contributed by atoms with E-state index in [4.69, 9.17) is 30.2 Å². The van der Waals surface area contributed by atoms with Crippen LogP contribution in [-0.4, -0.2) is 96.3 Å². The molecular formula is C47H56N4O10S2. The van der Waals surface area contributed by atoms with E-state index >= 15 is 0 Å². The van der Waals surface area contributed by atoms with Gasteiger partial charge in [-0.2, -0.15) is 0 Å². The zero-order valence-electron chi connectivity index (χ0n) is 37.0. The lowest BCUT2D eigenvalue weighted by atomic mass is 9.94. The van der Waals surface area contributed by atoms with Crippen LogP contribution in [0.2, 0.25) is 0 Å². The molecule has 2 fully saturated rings. The number of aliphatic hydroxyl groups is 2.